The normalized spacial score (nSPS) is 11.8. The number of hydrogen-bond donors (Lipinski definition) is 4. The van der Waals surface area contributed by atoms with Crippen LogP contribution in [-0.2, 0) is 17.8 Å². The fourth-order valence-corrected chi connectivity index (χ4v) is 3.67. The number of benzene rings is 2. The third kappa shape index (κ3) is 4.96. The zero-order valence-corrected chi connectivity index (χ0v) is 18.2. The van der Waals surface area contributed by atoms with E-state index in [-0.39, 0.29) is 24.5 Å². The van der Waals surface area contributed by atoms with Crippen LogP contribution in [0.1, 0.15) is 21.7 Å². The SMILES string of the molecule is Cl.O=C(O)c1ccc(Cl)c(-c2ccc(CNC(Cc3c[nH]c4ccccc34)C(=O)O)o2)c1. The first-order valence-corrected chi connectivity index (χ1v) is 9.93. The van der Waals surface area contributed by atoms with Crippen molar-refractivity contribution in [3.05, 3.63) is 82.7 Å². The van der Waals surface area contributed by atoms with E-state index in [1.165, 1.54) is 18.2 Å². The van der Waals surface area contributed by atoms with Crippen LogP contribution in [0.15, 0.2) is 65.2 Å². The van der Waals surface area contributed by atoms with Crippen LogP contribution in [0.4, 0.5) is 0 Å². The maximum absolute atomic E-state index is 11.8. The number of carboxylic acids is 2. The van der Waals surface area contributed by atoms with E-state index >= 15 is 0 Å². The number of aromatic amines is 1. The van der Waals surface area contributed by atoms with Crippen molar-refractivity contribution >= 4 is 46.8 Å². The number of furan rings is 1. The lowest BCUT2D eigenvalue weighted by atomic mass is 10.0. The second-order valence-corrected chi connectivity index (χ2v) is 7.51. The van der Waals surface area contributed by atoms with Crippen molar-refractivity contribution in [2.24, 2.45) is 0 Å². The highest BCUT2D eigenvalue weighted by atomic mass is 35.5. The van der Waals surface area contributed by atoms with Gasteiger partial charge in [0, 0.05) is 29.1 Å². The molecule has 2 heterocycles. The molecule has 32 heavy (non-hydrogen) atoms. The van der Waals surface area contributed by atoms with Gasteiger partial charge in [-0.1, -0.05) is 29.8 Å². The summed E-state index contributed by atoms with van der Waals surface area (Å²) in [6, 6.07) is 14.7. The van der Waals surface area contributed by atoms with Crippen molar-refractivity contribution < 1.29 is 24.2 Å². The summed E-state index contributed by atoms with van der Waals surface area (Å²) in [5.74, 6) is -1.10. The predicted molar refractivity (Wildman–Crippen MR) is 124 cm³/mol. The van der Waals surface area contributed by atoms with E-state index in [0.29, 0.717) is 28.5 Å². The fourth-order valence-electron chi connectivity index (χ4n) is 3.46. The molecule has 0 saturated heterocycles. The monoisotopic (exact) mass is 474 g/mol. The van der Waals surface area contributed by atoms with Crippen LogP contribution in [0.5, 0.6) is 0 Å². The molecule has 0 radical (unpaired) electrons. The van der Waals surface area contributed by atoms with Gasteiger partial charge in [0.25, 0.3) is 0 Å². The zero-order chi connectivity index (χ0) is 22.0. The number of nitrogens with one attached hydrogen (secondary N) is 2. The molecule has 2 aromatic heterocycles. The molecule has 0 bridgehead atoms. The number of carbonyl (C=O) groups is 2. The number of halogens is 2. The van der Waals surface area contributed by atoms with Gasteiger partial charge in [-0.25, -0.2) is 4.79 Å². The molecule has 4 aromatic rings. The van der Waals surface area contributed by atoms with Gasteiger partial charge in [0.15, 0.2) is 0 Å². The van der Waals surface area contributed by atoms with Crippen molar-refractivity contribution in [3.8, 4) is 11.3 Å². The second-order valence-electron chi connectivity index (χ2n) is 7.10. The van der Waals surface area contributed by atoms with Crippen molar-refractivity contribution in [2.45, 2.75) is 19.0 Å². The Morgan fingerprint density at radius 1 is 1.09 bits per heavy atom. The van der Waals surface area contributed by atoms with E-state index in [1.807, 2.05) is 30.5 Å². The Balaban J connectivity index is 0.00000289. The molecular formula is C23H20Cl2N2O5. The van der Waals surface area contributed by atoms with Crippen LogP contribution in [0.2, 0.25) is 5.02 Å². The van der Waals surface area contributed by atoms with E-state index in [1.54, 1.807) is 12.1 Å². The van der Waals surface area contributed by atoms with Gasteiger partial charge in [-0.15, -0.1) is 12.4 Å². The summed E-state index contributed by atoms with van der Waals surface area (Å²) < 4.78 is 5.78. The van der Waals surface area contributed by atoms with Crippen molar-refractivity contribution in [1.29, 1.82) is 0 Å². The molecule has 7 nitrogen and oxygen atoms in total. The van der Waals surface area contributed by atoms with Crippen LogP contribution in [0.3, 0.4) is 0 Å². The summed E-state index contributed by atoms with van der Waals surface area (Å²) in [5.41, 5.74) is 2.42. The first-order valence-electron chi connectivity index (χ1n) is 9.55. The first-order chi connectivity index (χ1) is 14.9. The highest BCUT2D eigenvalue weighted by Gasteiger charge is 2.20. The maximum atomic E-state index is 11.8. The van der Waals surface area contributed by atoms with E-state index in [0.717, 1.165) is 16.5 Å². The summed E-state index contributed by atoms with van der Waals surface area (Å²) in [5, 5.41) is 23.2. The minimum Gasteiger partial charge on any atom is -0.480 e. The quantitative estimate of drug-likeness (QED) is 0.286. The number of aliphatic carboxylic acids is 1. The maximum Gasteiger partial charge on any atom is 0.335 e. The number of H-pyrrole nitrogens is 1. The van der Waals surface area contributed by atoms with Gasteiger partial charge in [-0.3, -0.25) is 10.1 Å². The molecule has 0 spiro atoms. The summed E-state index contributed by atoms with van der Waals surface area (Å²) >= 11 is 6.19. The highest BCUT2D eigenvalue weighted by molar-refractivity contribution is 6.33. The molecular weight excluding hydrogens is 455 g/mol. The van der Waals surface area contributed by atoms with E-state index in [9.17, 15) is 19.8 Å². The zero-order valence-electron chi connectivity index (χ0n) is 16.7. The second kappa shape index (κ2) is 9.91. The molecule has 9 heteroatoms. The number of aromatic carboxylic acids is 1. The molecule has 0 saturated carbocycles. The Bertz CT molecular complexity index is 1260. The largest absolute Gasteiger partial charge is 0.480 e. The lowest BCUT2D eigenvalue weighted by molar-refractivity contribution is -0.139. The van der Waals surface area contributed by atoms with Crippen LogP contribution in [-0.4, -0.2) is 33.2 Å². The Kier molecular flexibility index (Phi) is 7.25. The first kappa shape index (κ1) is 23.4. The van der Waals surface area contributed by atoms with Gasteiger partial charge in [-0.2, -0.15) is 0 Å². The molecule has 0 fully saturated rings. The standard InChI is InChI=1S/C23H19ClN2O5.ClH/c24-18-7-5-13(22(27)28)9-17(18)21-8-6-15(31-21)12-26-20(23(29)30)10-14-11-25-19-4-2-1-3-16(14)19;/h1-9,11,20,25-26H,10,12H2,(H,27,28)(H,29,30);1H. The Morgan fingerprint density at radius 2 is 1.88 bits per heavy atom. The highest BCUT2D eigenvalue weighted by Crippen LogP contribution is 2.30. The Morgan fingerprint density at radius 3 is 2.62 bits per heavy atom. The molecule has 0 amide bonds. The van der Waals surface area contributed by atoms with E-state index in [4.69, 9.17) is 16.0 Å². The van der Waals surface area contributed by atoms with Gasteiger partial charge in [0.05, 0.1) is 17.1 Å². The molecule has 1 unspecified atom stereocenters. The third-order valence-electron chi connectivity index (χ3n) is 5.06. The van der Waals surface area contributed by atoms with Crippen LogP contribution < -0.4 is 5.32 Å². The van der Waals surface area contributed by atoms with E-state index in [2.05, 4.69) is 10.3 Å². The molecule has 4 N–H and O–H groups in total. The summed E-state index contributed by atoms with van der Waals surface area (Å²) in [7, 11) is 0. The van der Waals surface area contributed by atoms with Gasteiger partial charge < -0.3 is 19.6 Å². The molecule has 0 aliphatic rings. The molecule has 0 aliphatic carbocycles. The van der Waals surface area contributed by atoms with Crippen molar-refractivity contribution in [3.63, 3.8) is 0 Å². The van der Waals surface area contributed by atoms with Gasteiger partial charge in [-0.05, 0) is 42.0 Å². The van der Waals surface area contributed by atoms with Crippen LogP contribution in [0.25, 0.3) is 22.2 Å². The van der Waals surface area contributed by atoms with Crippen molar-refractivity contribution in [1.82, 2.24) is 10.3 Å². The molecule has 2 aromatic carbocycles. The molecule has 0 aliphatic heterocycles. The number of hydrogen-bond acceptors (Lipinski definition) is 4. The molecule has 4 rings (SSSR count). The fraction of sp³-hybridized carbons (Fsp3) is 0.130. The predicted octanol–water partition coefficient (Wildman–Crippen LogP) is 4.99. The lowest BCUT2D eigenvalue weighted by Gasteiger charge is -2.13. The Hall–Kier alpha value is -3.26. The summed E-state index contributed by atoms with van der Waals surface area (Å²) in [4.78, 5) is 26.1. The average Bonchev–Trinajstić information content (AvgIpc) is 3.38. The summed E-state index contributed by atoms with van der Waals surface area (Å²) in [6.45, 7) is 0.190. The smallest absolute Gasteiger partial charge is 0.335 e. The number of para-hydroxylation sites is 1. The molecule has 1 atom stereocenters. The number of fused-ring (bicyclic) bond motifs is 1. The molecule has 166 valence electrons. The number of carboxylic acid groups (broad SMARTS) is 2. The van der Waals surface area contributed by atoms with Crippen LogP contribution >= 0.6 is 24.0 Å². The lowest BCUT2D eigenvalue weighted by Crippen LogP contribution is -2.37. The minimum absolute atomic E-state index is 0. The van der Waals surface area contributed by atoms with Gasteiger partial charge in [0.1, 0.15) is 17.6 Å². The van der Waals surface area contributed by atoms with Crippen LogP contribution in [0, 0.1) is 0 Å². The summed E-state index contributed by atoms with van der Waals surface area (Å²) in [6.07, 6.45) is 2.13. The number of aromatic nitrogens is 1. The topological polar surface area (TPSA) is 116 Å². The van der Waals surface area contributed by atoms with Crippen molar-refractivity contribution in [2.75, 3.05) is 0 Å². The van der Waals surface area contributed by atoms with Gasteiger partial charge >= 0.3 is 11.9 Å². The minimum atomic E-state index is -1.06. The Labute approximate surface area is 194 Å². The third-order valence-corrected chi connectivity index (χ3v) is 5.39. The van der Waals surface area contributed by atoms with E-state index < -0.39 is 18.0 Å². The van der Waals surface area contributed by atoms with Gasteiger partial charge in [0.2, 0.25) is 0 Å². The average molecular weight is 475 g/mol. The number of rotatable bonds is 8.